The Morgan fingerprint density at radius 2 is 1.42 bits per heavy atom. The average molecular weight is 911 g/mol. The Morgan fingerprint density at radius 1 is 0.828 bits per heavy atom. The fraction of sp³-hybridized carbons (Fsp3) is 0.348. The minimum atomic E-state index is -2.14. The van der Waals surface area contributed by atoms with E-state index in [2.05, 4.69) is 4.65 Å². The summed E-state index contributed by atoms with van der Waals surface area (Å²) in [7, 11) is 6.30. The molecule has 0 bridgehead atoms. The molecule has 2 saturated heterocycles. The van der Waals surface area contributed by atoms with Crippen molar-refractivity contribution in [3.63, 3.8) is 0 Å². The first-order valence-electron chi connectivity index (χ1n) is 20.1. The lowest BCUT2D eigenvalue weighted by Gasteiger charge is -2.40. The Bertz CT molecular complexity index is 2390. The molecular formula is C46H47BN2O13S2. The molecule has 3 amide bonds. The molecule has 18 heteroatoms. The number of ketones is 2. The number of benzene rings is 4. The first-order chi connectivity index (χ1) is 30.6. The quantitative estimate of drug-likeness (QED) is 0.0490. The Kier molecular flexibility index (Phi) is 15.2. The van der Waals surface area contributed by atoms with E-state index in [-0.39, 0.29) is 61.2 Å². The van der Waals surface area contributed by atoms with Gasteiger partial charge in [-0.1, -0.05) is 54.6 Å². The molecule has 0 aliphatic carbocycles. The van der Waals surface area contributed by atoms with E-state index < -0.39 is 68.0 Å². The number of β-lactam (4-membered cyclic amide) rings is 1. The smallest absolute Gasteiger partial charge is 0.417 e. The summed E-state index contributed by atoms with van der Waals surface area (Å²) in [5, 5.41) is -0.978. The summed E-state index contributed by atoms with van der Waals surface area (Å²) in [6.07, 6.45) is -1.27. The van der Waals surface area contributed by atoms with Gasteiger partial charge in [0.25, 0.3) is 5.78 Å². The van der Waals surface area contributed by atoms with Gasteiger partial charge in [-0.3, -0.25) is 28.2 Å². The van der Waals surface area contributed by atoms with E-state index >= 15 is 0 Å². The summed E-state index contributed by atoms with van der Waals surface area (Å²) in [5.74, 6) is -3.64. The van der Waals surface area contributed by atoms with Crippen molar-refractivity contribution >= 4 is 66.1 Å². The minimum Gasteiger partial charge on any atom is -0.542 e. The van der Waals surface area contributed by atoms with Crippen molar-refractivity contribution in [1.82, 2.24) is 9.80 Å². The van der Waals surface area contributed by atoms with Crippen LogP contribution in [-0.4, -0.2) is 106 Å². The topological polar surface area (TPSA) is 181 Å². The predicted octanol–water partition coefficient (Wildman–Crippen LogP) is 5.61. The van der Waals surface area contributed by atoms with Crippen LogP contribution < -0.4 is 18.9 Å². The van der Waals surface area contributed by atoms with Crippen LogP contribution in [0.15, 0.2) is 97.1 Å². The van der Waals surface area contributed by atoms with E-state index in [0.717, 1.165) is 28.5 Å². The zero-order valence-corrected chi connectivity index (χ0v) is 37.6. The van der Waals surface area contributed by atoms with Crippen molar-refractivity contribution in [1.29, 1.82) is 0 Å². The van der Waals surface area contributed by atoms with E-state index in [0.29, 0.717) is 16.4 Å². The number of carbonyl (C=O) groups is 6. The normalized spacial score (nSPS) is 18.8. The minimum absolute atomic E-state index is 0.0543. The van der Waals surface area contributed by atoms with Gasteiger partial charge in [-0.15, -0.1) is 11.8 Å². The molecule has 15 nitrogen and oxygen atoms in total. The summed E-state index contributed by atoms with van der Waals surface area (Å²) in [4.78, 5) is 83.1. The molecule has 0 saturated carbocycles. The largest absolute Gasteiger partial charge is 0.542 e. The molecular weight excluding hydrogens is 863 g/mol. The van der Waals surface area contributed by atoms with Crippen LogP contribution in [0.4, 0.5) is 4.79 Å². The molecule has 2 heterocycles. The fourth-order valence-corrected chi connectivity index (χ4v) is 10.8. The number of hydrogen-bond acceptors (Lipinski definition) is 14. The molecule has 0 aromatic heterocycles. The highest BCUT2D eigenvalue weighted by Crippen LogP contribution is 2.49. The van der Waals surface area contributed by atoms with Crippen LogP contribution >= 0.6 is 11.8 Å². The Labute approximate surface area is 378 Å². The first-order valence-corrected chi connectivity index (χ1v) is 22.3. The van der Waals surface area contributed by atoms with Gasteiger partial charge in [0.2, 0.25) is 9.99 Å². The SMILES string of the molecule is [B]OC(=O)C1(SCCN(C(=O)OC(C)(C)C)C(=O)C(=O)c2ccc(OCc3ccc(OC)cc3)c(OCc3ccc(OC)cc3)c2)CN2C(=O)[C@@H](CC(=O)Cc3ccccc3)[C@H]2S1=O. The maximum atomic E-state index is 14.2. The van der Waals surface area contributed by atoms with Crippen LogP contribution in [0.5, 0.6) is 23.0 Å². The van der Waals surface area contributed by atoms with Gasteiger partial charge >= 0.3 is 26.0 Å². The summed E-state index contributed by atoms with van der Waals surface area (Å²) in [5.41, 5.74) is 1.12. The summed E-state index contributed by atoms with van der Waals surface area (Å²) < 4.78 is 45.1. The van der Waals surface area contributed by atoms with Gasteiger partial charge in [0.05, 0.1) is 37.5 Å². The molecule has 2 aliphatic heterocycles. The molecule has 4 atom stereocenters. The van der Waals surface area contributed by atoms with Crippen molar-refractivity contribution in [2.75, 3.05) is 33.1 Å². The van der Waals surface area contributed by atoms with Crippen molar-refractivity contribution in [3.05, 3.63) is 119 Å². The highest BCUT2D eigenvalue weighted by Gasteiger charge is 2.67. The first kappa shape index (κ1) is 47.3. The number of carbonyl (C=O) groups excluding carboxylic acids is 6. The summed E-state index contributed by atoms with van der Waals surface area (Å²) >= 11 is 0.753. The van der Waals surface area contributed by atoms with E-state index in [1.54, 1.807) is 95.7 Å². The molecule has 64 heavy (non-hydrogen) atoms. The number of thioether (sulfide) groups is 1. The van der Waals surface area contributed by atoms with Crippen LogP contribution in [0.25, 0.3) is 0 Å². The van der Waals surface area contributed by atoms with Crippen LogP contribution in [-0.2, 0) is 59.0 Å². The zero-order valence-electron chi connectivity index (χ0n) is 35.9. The second kappa shape index (κ2) is 20.6. The van der Waals surface area contributed by atoms with Crippen molar-refractivity contribution < 1.29 is 61.3 Å². The highest BCUT2D eigenvalue weighted by molar-refractivity contribution is 8.14. The average Bonchev–Trinajstić information content (AvgIpc) is 3.56. The number of imide groups is 1. The number of hydrogen-bond donors (Lipinski definition) is 0. The van der Waals surface area contributed by atoms with E-state index in [4.69, 9.17) is 31.7 Å². The second-order valence-corrected chi connectivity index (χ2v) is 19.3. The maximum absolute atomic E-state index is 14.2. The van der Waals surface area contributed by atoms with Gasteiger partial charge in [-0.05, 0) is 79.9 Å². The monoisotopic (exact) mass is 910 g/mol. The van der Waals surface area contributed by atoms with Gasteiger partial charge in [0.1, 0.15) is 41.5 Å². The van der Waals surface area contributed by atoms with Gasteiger partial charge in [0.15, 0.2) is 11.5 Å². The number of Topliss-reactive ketones (excluding diaryl/α,β-unsaturated/α-hetero) is 2. The van der Waals surface area contributed by atoms with Crippen LogP contribution in [0, 0.1) is 5.92 Å². The fourth-order valence-electron chi connectivity index (χ4n) is 7.03. The lowest BCUT2D eigenvalue weighted by atomic mass is 9.90. The molecule has 4 aromatic rings. The highest BCUT2D eigenvalue weighted by atomic mass is 32.2. The van der Waals surface area contributed by atoms with Crippen molar-refractivity contribution in [3.8, 4) is 23.0 Å². The lowest BCUT2D eigenvalue weighted by Crippen LogP contribution is -2.59. The van der Waals surface area contributed by atoms with Crippen LogP contribution in [0.1, 0.15) is 54.2 Å². The molecule has 4 aromatic carbocycles. The van der Waals surface area contributed by atoms with Crippen LogP contribution in [0.2, 0.25) is 0 Å². The van der Waals surface area contributed by atoms with Crippen molar-refractivity contribution in [2.24, 2.45) is 5.92 Å². The summed E-state index contributed by atoms with van der Waals surface area (Å²) in [6.45, 7) is 4.06. The van der Waals surface area contributed by atoms with Gasteiger partial charge in [-0.2, -0.15) is 0 Å². The van der Waals surface area contributed by atoms with Gasteiger partial charge < -0.3 is 33.2 Å². The number of amides is 3. The molecule has 0 N–H and O–H groups in total. The Balaban J connectivity index is 1.20. The van der Waals surface area contributed by atoms with Gasteiger partial charge in [-0.25, -0.2) is 9.69 Å². The van der Waals surface area contributed by atoms with Crippen molar-refractivity contribution in [2.45, 2.75) is 61.9 Å². The molecule has 0 spiro atoms. The molecule has 2 unspecified atom stereocenters. The van der Waals surface area contributed by atoms with Gasteiger partial charge in [0, 0.05) is 30.7 Å². The van der Waals surface area contributed by atoms with E-state index in [9.17, 15) is 33.0 Å². The number of rotatable bonds is 19. The second-order valence-electron chi connectivity index (χ2n) is 15.9. The van der Waals surface area contributed by atoms with Crippen LogP contribution in [0.3, 0.4) is 0 Å². The number of fused-ring (bicyclic) bond motifs is 1. The molecule has 2 fully saturated rings. The summed E-state index contributed by atoms with van der Waals surface area (Å²) in [6, 6.07) is 27.5. The number of nitrogens with zero attached hydrogens (tertiary/aromatic N) is 2. The maximum Gasteiger partial charge on any atom is 0.417 e. The predicted molar refractivity (Wildman–Crippen MR) is 237 cm³/mol. The molecule has 2 radical (unpaired) electrons. The Morgan fingerprint density at radius 3 is 1.98 bits per heavy atom. The number of methoxy groups -OCH3 is 2. The molecule has 2 aliphatic rings. The third-order valence-corrected chi connectivity index (χ3v) is 14.3. The number of ether oxygens (including phenoxy) is 5. The third kappa shape index (κ3) is 11.0. The Hall–Kier alpha value is -6.14. The van der Waals surface area contributed by atoms with E-state index in [1.807, 2.05) is 18.2 Å². The standard InChI is InChI=1S/C46H47BN2O13S2/c1-45(2,3)61-44(55)48(21-22-63-46(43(54)62-47)28-49-40(52)36(42(49)64(46)56)25-33(50)23-29-9-7-6-8-10-29)41(53)39(51)32-15-20-37(59-26-30-11-16-34(57-4)17-12-30)38(24-32)60-27-31-13-18-35(58-5)19-14-31/h6-20,24,36,42H,21-23,25-28H2,1-5H3/t36-,42-,46?,64?/m1/s1. The molecule has 334 valence electrons. The van der Waals surface area contributed by atoms with E-state index in [1.165, 1.54) is 23.1 Å². The third-order valence-electron chi connectivity index (χ3n) is 10.3. The zero-order chi connectivity index (χ0) is 46.2. The molecule has 6 rings (SSSR count). The lowest BCUT2D eigenvalue weighted by molar-refractivity contribution is -0.152.